The zero-order valence-electron chi connectivity index (χ0n) is 19.5. The standard InChI is InChI=1S/C24H25F4N3O4/c1-14-10-20(35-13-18-17(25)7-5-9-29-18)22-30-15(2)21(31(22)12-14)19(32)11-16(23(33)34-3)6-4-8-24(26,27)28/h5,7,9-10,12,16H,4,6,8,11,13H2,1-3H3. The van der Waals surface area contributed by atoms with Crippen molar-refractivity contribution < 1.29 is 36.6 Å². The van der Waals surface area contributed by atoms with Gasteiger partial charge in [-0.3, -0.25) is 19.0 Å². The predicted octanol–water partition coefficient (Wildman–Crippen LogP) is 5.16. The van der Waals surface area contributed by atoms with E-state index in [1.165, 1.54) is 22.7 Å². The third-order valence-electron chi connectivity index (χ3n) is 5.44. The number of aromatic nitrogens is 3. The van der Waals surface area contributed by atoms with Gasteiger partial charge in [0.2, 0.25) is 0 Å². The number of fused-ring (bicyclic) bond motifs is 1. The monoisotopic (exact) mass is 495 g/mol. The molecule has 0 radical (unpaired) electrons. The van der Waals surface area contributed by atoms with Crippen LogP contribution < -0.4 is 4.74 Å². The molecule has 0 aliphatic carbocycles. The Labute approximate surface area is 199 Å². The number of alkyl halides is 3. The molecule has 3 heterocycles. The fourth-order valence-corrected chi connectivity index (χ4v) is 3.81. The molecule has 0 saturated carbocycles. The molecule has 0 aliphatic heterocycles. The number of methoxy groups -OCH3 is 1. The maximum absolute atomic E-state index is 13.9. The first-order valence-electron chi connectivity index (χ1n) is 10.9. The minimum Gasteiger partial charge on any atom is -0.483 e. The topological polar surface area (TPSA) is 82.8 Å². The Bertz CT molecular complexity index is 1220. The van der Waals surface area contributed by atoms with Gasteiger partial charge in [0.25, 0.3) is 0 Å². The third-order valence-corrected chi connectivity index (χ3v) is 5.44. The number of nitrogens with zero attached hydrogens (tertiary/aromatic N) is 3. The summed E-state index contributed by atoms with van der Waals surface area (Å²) in [4.78, 5) is 33.7. The van der Waals surface area contributed by atoms with Crippen LogP contribution in [-0.4, -0.2) is 39.4 Å². The summed E-state index contributed by atoms with van der Waals surface area (Å²) in [5.74, 6) is -2.46. The highest BCUT2D eigenvalue weighted by atomic mass is 19.4. The largest absolute Gasteiger partial charge is 0.483 e. The Morgan fingerprint density at radius 1 is 1.23 bits per heavy atom. The van der Waals surface area contributed by atoms with Gasteiger partial charge in [-0.25, -0.2) is 9.37 Å². The number of imidazole rings is 1. The number of aryl methyl sites for hydroxylation is 2. The van der Waals surface area contributed by atoms with Crippen molar-refractivity contribution in [2.24, 2.45) is 5.92 Å². The normalized spacial score (nSPS) is 12.5. The van der Waals surface area contributed by atoms with Crippen LogP contribution in [0.4, 0.5) is 17.6 Å². The average Bonchev–Trinajstić information content (AvgIpc) is 3.12. The van der Waals surface area contributed by atoms with Gasteiger partial charge in [0, 0.05) is 25.2 Å². The Hall–Kier alpha value is -3.50. The van der Waals surface area contributed by atoms with Gasteiger partial charge in [0.15, 0.2) is 17.2 Å². The number of halogens is 4. The quantitative estimate of drug-likeness (QED) is 0.220. The number of carbonyl (C=O) groups excluding carboxylic acids is 2. The summed E-state index contributed by atoms with van der Waals surface area (Å²) in [5, 5.41) is 0. The minimum atomic E-state index is -4.35. The molecular weight excluding hydrogens is 470 g/mol. The van der Waals surface area contributed by atoms with Crippen LogP contribution in [0.3, 0.4) is 0 Å². The molecule has 188 valence electrons. The number of hydrogen-bond acceptors (Lipinski definition) is 6. The van der Waals surface area contributed by atoms with E-state index in [0.717, 1.165) is 12.7 Å². The number of ketones is 1. The molecule has 0 N–H and O–H groups in total. The molecule has 0 amide bonds. The molecule has 0 saturated heterocycles. The summed E-state index contributed by atoms with van der Waals surface area (Å²) >= 11 is 0. The first-order chi connectivity index (χ1) is 16.5. The molecule has 3 rings (SSSR count). The number of carbonyl (C=O) groups is 2. The van der Waals surface area contributed by atoms with Gasteiger partial charge in [-0.05, 0) is 50.5 Å². The molecular formula is C24H25F4N3O4. The van der Waals surface area contributed by atoms with Crippen LogP contribution in [0.15, 0.2) is 30.6 Å². The second kappa shape index (κ2) is 10.8. The Balaban J connectivity index is 1.86. The SMILES string of the molecule is COC(=O)C(CCCC(F)(F)F)CC(=O)c1c(C)nc2c(OCc3ncccc3F)cc(C)cn12. The number of pyridine rings is 2. The fraction of sp³-hybridized carbons (Fsp3) is 0.417. The van der Waals surface area contributed by atoms with E-state index in [-0.39, 0.29) is 37.3 Å². The molecule has 0 aliphatic rings. The summed E-state index contributed by atoms with van der Waals surface area (Å²) in [7, 11) is 1.13. The molecule has 0 aromatic carbocycles. The van der Waals surface area contributed by atoms with Crippen molar-refractivity contribution in [3.05, 3.63) is 59.1 Å². The maximum Gasteiger partial charge on any atom is 0.389 e. The summed E-state index contributed by atoms with van der Waals surface area (Å²) in [5.41, 5.74) is 1.66. The number of hydrogen-bond donors (Lipinski definition) is 0. The van der Waals surface area contributed by atoms with Crippen molar-refractivity contribution in [3.8, 4) is 5.75 Å². The van der Waals surface area contributed by atoms with Gasteiger partial charge < -0.3 is 9.47 Å². The molecule has 11 heteroatoms. The van der Waals surface area contributed by atoms with Crippen molar-refractivity contribution in [2.75, 3.05) is 7.11 Å². The predicted molar refractivity (Wildman–Crippen MR) is 118 cm³/mol. The van der Waals surface area contributed by atoms with E-state index < -0.39 is 36.1 Å². The van der Waals surface area contributed by atoms with Crippen molar-refractivity contribution in [1.29, 1.82) is 0 Å². The lowest BCUT2D eigenvalue weighted by molar-refractivity contribution is -0.148. The molecule has 3 aromatic heterocycles. The fourth-order valence-electron chi connectivity index (χ4n) is 3.81. The Kier molecular flexibility index (Phi) is 8.08. The van der Waals surface area contributed by atoms with Crippen molar-refractivity contribution in [2.45, 2.75) is 52.3 Å². The molecule has 0 spiro atoms. The van der Waals surface area contributed by atoms with E-state index in [1.807, 2.05) is 0 Å². The second-order valence-electron chi connectivity index (χ2n) is 8.20. The van der Waals surface area contributed by atoms with Gasteiger partial charge in [0.05, 0.1) is 18.7 Å². The van der Waals surface area contributed by atoms with E-state index >= 15 is 0 Å². The molecule has 1 unspecified atom stereocenters. The first kappa shape index (κ1) is 26.1. The van der Waals surface area contributed by atoms with E-state index in [2.05, 4.69) is 9.97 Å². The van der Waals surface area contributed by atoms with Crippen molar-refractivity contribution in [1.82, 2.24) is 14.4 Å². The summed E-state index contributed by atoms with van der Waals surface area (Å²) in [6.07, 6.45) is -3.08. The zero-order valence-corrected chi connectivity index (χ0v) is 19.5. The Morgan fingerprint density at radius 3 is 2.63 bits per heavy atom. The average molecular weight is 495 g/mol. The number of Topliss-reactive ketones (excluding diaryl/α,β-unsaturated/α-hetero) is 1. The summed E-state index contributed by atoms with van der Waals surface area (Å²) in [6.45, 7) is 3.21. The highest BCUT2D eigenvalue weighted by Gasteiger charge is 2.30. The molecule has 0 bridgehead atoms. The molecule has 0 fully saturated rings. The number of esters is 1. The van der Waals surface area contributed by atoms with Crippen LogP contribution in [0.2, 0.25) is 0 Å². The minimum absolute atomic E-state index is 0.103. The van der Waals surface area contributed by atoms with Crippen LogP contribution in [0.25, 0.3) is 5.65 Å². The Morgan fingerprint density at radius 2 is 1.97 bits per heavy atom. The number of ether oxygens (including phenoxy) is 2. The van der Waals surface area contributed by atoms with Gasteiger partial charge in [0.1, 0.15) is 23.8 Å². The van der Waals surface area contributed by atoms with Crippen molar-refractivity contribution >= 4 is 17.4 Å². The molecule has 35 heavy (non-hydrogen) atoms. The van der Waals surface area contributed by atoms with Gasteiger partial charge >= 0.3 is 12.1 Å². The van der Waals surface area contributed by atoms with E-state index in [4.69, 9.17) is 9.47 Å². The smallest absolute Gasteiger partial charge is 0.389 e. The highest BCUT2D eigenvalue weighted by molar-refractivity contribution is 5.98. The first-order valence-corrected chi connectivity index (χ1v) is 10.9. The van der Waals surface area contributed by atoms with E-state index in [9.17, 15) is 27.2 Å². The van der Waals surface area contributed by atoms with E-state index in [1.54, 1.807) is 26.1 Å². The maximum atomic E-state index is 13.9. The van der Waals surface area contributed by atoms with Crippen LogP contribution in [0, 0.1) is 25.6 Å². The van der Waals surface area contributed by atoms with Gasteiger partial charge in [-0.1, -0.05) is 0 Å². The van der Waals surface area contributed by atoms with Crippen LogP contribution >= 0.6 is 0 Å². The molecule has 7 nitrogen and oxygen atoms in total. The second-order valence-corrected chi connectivity index (χ2v) is 8.20. The lowest BCUT2D eigenvalue weighted by Gasteiger charge is -2.15. The highest BCUT2D eigenvalue weighted by Crippen LogP contribution is 2.29. The summed E-state index contributed by atoms with van der Waals surface area (Å²) in [6, 6.07) is 4.41. The van der Waals surface area contributed by atoms with Crippen LogP contribution in [0.5, 0.6) is 5.75 Å². The van der Waals surface area contributed by atoms with Crippen LogP contribution in [-0.2, 0) is 16.1 Å². The molecule has 3 aromatic rings. The lowest BCUT2D eigenvalue weighted by Crippen LogP contribution is -2.22. The zero-order chi connectivity index (χ0) is 25.8. The summed E-state index contributed by atoms with van der Waals surface area (Å²) < 4.78 is 63.5. The van der Waals surface area contributed by atoms with Crippen molar-refractivity contribution in [3.63, 3.8) is 0 Å². The van der Waals surface area contributed by atoms with Crippen LogP contribution in [0.1, 0.15) is 53.1 Å². The molecule has 1 atom stereocenters. The number of rotatable bonds is 10. The van der Waals surface area contributed by atoms with Gasteiger partial charge in [-0.2, -0.15) is 13.2 Å². The van der Waals surface area contributed by atoms with E-state index in [0.29, 0.717) is 17.1 Å². The third kappa shape index (κ3) is 6.55. The van der Waals surface area contributed by atoms with Gasteiger partial charge in [-0.15, -0.1) is 0 Å². The lowest BCUT2D eigenvalue weighted by atomic mass is 9.94.